The van der Waals surface area contributed by atoms with Gasteiger partial charge in [0, 0.05) is 5.56 Å². The molecule has 0 saturated carbocycles. The standard InChI is InChI=1S/C12H10Si.C10H13NO.C9H7.2ClH.Ti/c1-3-7-11(8-4-1)13-12-9-5-2-6-10-12;1-7(2)8-5-3-4-6-9(8)10(11)12;1-2-5-9-7-3-6-8(9)4-1;;;/h1-10H;3-7H,1-2H3,(H2,11,12);1-7H;2*1H;/q;;-1;;;+4/p-3. The Morgan fingerprint density at radius 1 is 0.703 bits per heavy atom. The molecule has 0 aliphatic carbocycles. The Morgan fingerprint density at radius 3 is 1.68 bits per heavy atom. The molecule has 2 nitrogen and oxygen atoms in total. The number of amides is 1. The second-order valence-corrected chi connectivity index (χ2v) is 9.49. The number of carbonyl (C=O) groups excluding carboxylic acids is 1. The van der Waals surface area contributed by atoms with Crippen molar-refractivity contribution < 1.29 is 51.3 Å². The molecule has 0 fully saturated rings. The number of benzene rings is 4. The predicted molar refractivity (Wildman–Crippen MR) is 147 cm³/mol. The number of hydrogen-bond donors (Lipinski definition) is 0. The van der Waals surface area contributed by atoms with Gasteiger partial charge in [-0.3, -0.25) is 0 Å². The first kappa shape index (κ1) is 34.5. The van der Waals surface area contributed by atoms with E-state index in [1.165, 1.54) is 21.1 Å². The summed E-state index contributed by atoms with van der Waals surface area (Å²) in [5.74, 6) is -0.296. The first-order valence-corrected chi connectivity index (χ1v) is 12.4. The molecule has 0 aliphatic heterocycles. The molecule has 37 heavy (non-hydrogen) atoms. The third-order valence-corrected chi connectivity index (χ3v) is 6.46. The summed E-state index contributed by atoms with van der Waals surface area (Å²) in [6.07, 6.45) is 0. The largest absolute Gasteiger partial charge is 4.00 e. The maximum atomic E-state index is 10.8. The molecule has 6 heteroatoms. The number of halogens is 2. The van der Waals surface area contributed by atoms with Crippen molar-refractivity contribution in [2.45, 2.75) is 19.8 Å². The van der Waals surface area contributed by atoms with Crippen molar-refractivity contribution in [2.24, 2.45) is 0 Å². The van der Waals surface area contributed by atoms with Gasteiger partial charge < -0.3 is 35.3 Å². The molecule has 186 valence electrons. The van der Waals surface area contributed by atoms with Crippen molar-refractivity contribution in [1.82, 2.24) is 0 Å². The minimum absolute atomic E-state index is 0. The van der Waals surface area contributed by atoms with Crippen LogP contribution in [0.2, 0.25) is 0 Å². The van der Waals surface area contributed by atoms with E-state index in [0.29, 0.717) is 11.5 Å². The average Bonchev–Trinajstić information content (AvgIpc) is 3.35. The fraction of sp³-hybridized carbons (Fsp3) is 0.0968. The van der Waals surface area contributed by atoms with Crippen LogP contribution in [0.5, 0.6) is 0 Å². The molecule has 5 aromatic rings. The maximum absolute atomic E-state index is 10.8. The second-order valence-electron chi connectivity index (χ2n) is 8.08. The van der Waals surface area contributed by atoms with Crippen LogP contribution in [-0.2, 0) is 21.7 Å². The van der Waals surface area contributed by atoms with Crippen molar-refractivity contribution in [3.63, 3.8) is 0 Å². The zero-order chi connectivity index (χ0) is 24.2. The summed E-state index contributed by atoms with van der Waals surface area (Å²) < 4.78 is 0. The van der Waals surface area contributed by atoms with Crippen LogP contribution in [0.15, 0.2) is 127 Å². The van der Waals surface area contributed by atoms with Crippen molar-refractivity contribution in [1.29, 1.82) is 0 Å². The number of hydrogen-bond acceptors (Lipinski definition) is 1. The molecule has 2 radical (unpaired) electrons. The van der Waals surface area contributed by atoms with E-state index in [-0.39, 0.29) is 46.5 Å². The Bertz CT molecular complexity index is 1230. The van der Waals surface area contributed by atoms with Gasteiger partial charge >= 0.3 is 21.7 Å². The van der Waals surface area contributed by atoms with Gasteiger partial charge in [0.05, 0.1) is 5.91 Å². The molecule has 5 aromatic carbocycles. The number of fused-ring (bicyclic) bond motifs is 1. The molecular weight excluding hydrogens is 549 g/mol. The zero-order valence-electron chi connectivity index (χ0n) is 20.9. The van der Waals surface area contributed by atoms with E-state index in [9.17, 15) is 4.79 Å². The molecule has 1 N–H and O–H groups in total. The van der Waals surface area contributed by atoms with Crippen LogP contribution in [0.4, 0.5) is 0 Å². The summed E-state index contributed by atoms with van der Waals surface area (Å²) >= 11 is 0. The van der Waals surface area contributed by atoms with E-state index in [1.807, 2.05) is 26.0 Å². The smallest absolute Gasteiger partial charge is 1.00 e. The van der Waals surface area contributed by atoms with Crippen LogP contribution in [0.25, 0.3) is 16.5 Å². The van der Waals surface area contributed by atoms with Gasteiger partial charge in [0.1, 0.15) is 9.52 Å². The van der Waals surface area contributed by atoms with Crippen molar-refractivity contribution in [2.75, 3.05) is 0 Å². The molecule has 0 unspecified atom stereocenters. The van der Waals surface area contributed by atoms with E-state index < -0.39 is 5.91 Å². The number of carbonyl (C=O) groups is 1. The summed E-state index contributed by atoms with van der Waals surface area (Å²) in [6, 6.07) is 43.1. The third-order valence-electron chi connectivity index (χ3n) is 5.21. The van der Waals surface area contributed by atoms with E-state index in [0.717, 1.165) is 15.1 Å². The van der Waals surface area contributed by atoms with Gasteiger partial charge in [-0.2, -0.15) is 17.5 Å². The second kappa shape index (κ2) is 18.7. The Balaban J connectivity index is 0.000000511. The summed E-state index contributed by atoms with van der Waals surface area (Å²) in [4.78, 5) is 10.8. The predicted octanol–water partition coefficient (Wildman–Crippen LogP) is 0.908. The molecule has 0 saturated heterocycles. The number of nitrogens with one attached hydrogen (secondary N) is 1. The minimum atomic E-state index is -0.598. The van der Waals surface area contributed by atoms with Crippen LogP contribution in [-0.4, -0.2) is 15.4 Å². The van der Waals surface area contributed by atoms with Gasteiger partial charge in [0.2, 0.25) is 0 Å². The quantitative estimate of drug-likeness (QED) is 0.231. The number of rotatable bonds is 4. The van der Waals surface area contributed by atoms with Crippen LogP contribution >= 0.6 is 0 Å². The Kier molecular flexibility index (Phi) is 17.4. The zero-order valence-corrected chi connectivity index (χ0v) is 24.9. The van der Waals surface area contributed by atoms with Crippen LogP contribution in [0.1, 0.15) is 35.7 Å². The summed E-state index contributed by atoms with van der Waals surface area (Å²) in [5.41, 5.74) is 8.49. The molecule has 0 heterocycles. The first-order valence-electron chi connectivity index (χ1n) is 11.4. The summed E-state index contributed by atoms with van der Waals surface area (Å²) in [6.45, 7) is 4.03. The Labute approximate surface area is 250 Å². The minimum Gasteiger partial charge on any atom is -1.00 e. The fourth-order valence-corrected chi connectivity index (χ4v) is 4.54. The van der Waals surface area contributed by atoms with E-state index in [1.54, 1.807) is 12.1 Å². The van der Waals surface area contributed by atoms with E-state index in [2.05, 4.69) is 103 Å². The Morgan fingerprint density at radius 2 is 1.19 bits per heavy atom. The van der Waals surface area contributed by atoms with E-state index in [4.69, 9.17) is 5.73 Å². The summed E-state index contributed by atoms with van der Waals surface area (Å²) in [7, 11) is 0.777. The molecule has 0 spiro atoms. The molecular formula is C31H29Cl2NOSiTi. The first-order chi connectivity index (χ1) is 16.5. The van der Waals surface area contributed by atoms with Gasteiger partial charge in [-0.25, -0.2) is 0 Å². The van der Waals surface area contributed by atoms with Gasteiger partial charge in [-0.1, -0.05) is 115 Å². The third kappa shape index (κ3) is 11.6. The van der Waals surface area contributed by atoms with Crippen molar-refractivity contribution >= 4 is 36.6 Å². The molecule has 0 bridgehead atoms. The van der Waals surface area contributed by atoms with Gasteiger partial charge in [-0.05, 0) is 11.5 Å². The van der Waals surface area contributed by atoms with Gasteiger partial charge in [-0.15, -0.1) is 29.7 Å². The monoisotopic (exact) mass is 577 g/mol. The molecule has 0 atom stereocenters. The van der Waals surface area contributed by atoms with E-state index >= 15 is 0 Å². The normalized spacial score (nSPS) is 9.27. The molecule has 0 aliphatic rings. The van der Waals surface area contributed by atoms with Crippen LogP contribution in [0, 0.1) is 0 Å². The van der Waals surface area contributed by atoms with Gasteiger partial charge in [0.25, 0.3) is 0 Å². The average molecular weight is 578 g/mol. The van der Waals surface area contributed by atoms with Crippen molar-refractivity contribution in [3.8, 4) is 0 Å². The van der Waals surface area contributed by atoms with Crippen LogP contribution < -0.4 is 35.2 Å². The topological polar surface area (TPSA) is 40.9 Å². The summed E-state index contributed by atoms with van der Waals surface area (Å²) in [5, 5.41) is 5.46. The maximum Gasteiger partial charge on any atom is 4.00 e. The Hall–Kier alpha value is -2.53. The molecule has 1 amide bonds. The molecule has 5 rings (SSSR count). The van der Waals surface area contributed by atoms with Crippen LogP contribution in [0.3, 0.4) is 0 Å². The SMILES string of the molecule is CC(C)c1ccccc1C([NH-])=O.[Cl-].[Cl-].[Ti+4].c1ccc([Si]c2ccccc2)cc1.c1ccc2[cH-]ccc2c1. The van der Waals surface area contributed by atoms with Gasteiger partial charge in [0.15, 0.2) is 0 Å². The molecule has 0 aromatic heterocycles. The fourth-order valence-electron chi connectivity index (χ4n) is 3.49. The van der Waals surface area contributed by atoms with Crippen molar-refractivity contribution in [3.05, 3.63) is 144 Å².